The number of hydrogen-bond donors (Lipinski definition) is 2. The summed E-state index contributed by atoms with van der Waals surface area (Å²) >= 11 is 0. The van der Waals surface area contributed by atoms with Crippen LogP contribution in [0, 0.1) is 11.8 Å². The SMILES string of the molecule is CC(C)CCN1C[C@H](C(=O)Nc2ccc(O)cc2)CC1=O. The third-order valence-corrected chi connectivity index (χ3v) is 3.70. The van der Waals surface area contributed by atoms with Crippen molar-refractivity contribution in [3.63, 3.8) is 0 Å². The van der Waals surface area contributed by atoms with Gasteiger partial charge in [0.25, 0.3) is 0 Å². The van der Waals surface area contributed by atoms with Gasteiger partial charge in [0.15, 0.2) is 0 Å². The molecule has 1 aliphatic heterocycles. The lowest BCUT2D eigenvalue weighted by Crippen LogP contribution is -2.29. The standard InChI is InChI=1S/C16H22N2O3/c1-11(2)7-8-18-10-12(9-15(18)20)16(21)17-13-3-5-14(19)6-4-13/h3-6,11-12,19H,7-10H2,1-2H3,(H,17,21)/t12-/m1/s1. The molecule has 1 aromatic rings. The summed E-state index contributed by atoms with van der Waals surface area (Å²) in [5, 5.41) is 12.0. The van der Waals surface area contributed by atoms with Crippen molar-refractivity contribution < 1.29 is 14.7 Å². The molecule has 1 fully saturated rings. The van der Waals surface area contributed by atoms with E-state index in [2.05, 4.69) is 19.2 Å². The van der Waals surface area contributed by atoms with Gasteiger partial charge in [-0.2, -0.15) is 0 Å². The first-order valence-corrected chi connectivity index (χ1v) is 7.33. The van der Waals surface area contributed by atoms with Crippen LogP contribution in [0.3, 0.4) is 0 Å². The zero-order chi connectivity index (χ0) is 15.4. The number of rotatable bonds is 5. The van der Waals surface area contributed by atoms with E-state index in [-0.39, 0.29) is 29.9 Å². The summed E-state index contributed by atoms with van der Waals surface area (Å²) in [6.07, 6.45) is 1.24. The molecule has 2 rings (SSSR count). The average Bonchev–Trinajstić information content (AvgIpc) is 2.80. The second kappa shape index (κ2) is 6.61. The van der Waals surface area contributed by atoms with Crippen LogP contribution in [0.2, 0.25) is 0 Å². The molecule has 2 amide bonds. The number of hydrogen-bond acceptors (Lipinski definition) is 3. The maximum Gasteiger partial charge on any atom is 0.229 e. The van der Waals surface area contributed by atoms with Crippen LogP contribution in [0.25, 0.3) is 0 Å². The minimum absolute atomic E-state index is 0.0570. The lowest BCUT2D eigenvalue weighted by atomic mass is 10.1. The highest BCUT2D eigenvalue weighted by atomic mass is 16.3. The first-order valence-electron chi connectivity index (χ1n) is 7.33. The van der Waals surface area contributed by atoms with Crippen LogP contribution in [0.15, 0.2) is 24.3 Å². The van der Waals surface area contributed by atoms with Crippen LogP contribution in [-0.2, 0) is 9.59 Å². The number of phenols is 1. The second-order valence-corrected chi connectivity index (χ2v) is 5.96. The minimum Gasteiger partial charge on any atom is -0.508 e. The Kier molecular flexibility index (Phi) is 4.83. The fraction of sp³-hybridized carbons (Fsp3) is 0.500. The van der Waals surface area contributed by atoms with E-state index in [0.717, 1.165) is 13.0 Å². The highest BCUT2D eigenvalue weighted by molar-refractivity contribution is 5.97. The Labute approximate surface area is 125 Å². The number of nitrogens with one attached hydrogen (secondary N) is 1. The van der Waals surface area contributed by atoms with E-state index in [4.69, 9.17) is 0 Å². The molecular weight excluding hydrogens is 268 g/mol. The molecular formula is C16H22N2O3. The molecule has 0 bridgehead atoms. The Hall–Kier alpha value is -2.04. The van der Waals surface area contributed by atoms with E-state index in [1.165, 1.54) is 12.1 Å². The predicted octanol–water partition coefficient (Wildman–Crippen LogP) is 2.23. The average molecular weight is 290 g/mol. The monoisotopic (exact) mass is 290 g/mol. The first kappa shape index (κ1) is 15.4. The summed E-state index contributed by atoms with van der Waals surface area (Å²) in [5.74, 6) is 0.327. The molecule has 0 spiro atoms. The van der Waals surface area contributed by atoms with Crippen LogP contribution in [-0.4, -0.2) is 34.9 Å². The van der Waals surface area contributed by atoms with Gasteiger partial charge in [-0.25, -0.2) is 0 Å². The van der Waals surface area contributed by atoms with E-state index in [9.17, 15) is 14.7 Å². The molecule has 1 heterocycles. The van der Waals surface area contributed by atoms with Gasteiger partial charge < -0.3 is 15.3 Å². The van der Waals surface area contributed by atoms with Crippen LogP contribution >= 0.6 is 0 Å². The highest BCUT2D eigenvalue weighted by Gasteiger charge is 2.33. The number of likely N-dealkylation sites (tertiary alicyclic amines) is 1. The summed E-state index contributed by atoms with van der Waals surface area (Å²) in [7, 11) is 0. The minimum atomic E-state index is -0.293. The normalized spacial score (nSPS) is 18.3. The molecule has 1 saturated heterocycles. The van der Waals surface area contributed by atoms with Crippen molar-refractivity contribution in [1.29, 1.82) is 0 Å². The first-order chi connectivity index (χ1) is 9.95. The van der Waals surface area contributed by atoms with Gasteiger partial charge in [-0.05, 0) is 36.6 Å². The molecule has 1 aliphatic rings. The van der Waals surface area contributed by atoms with Gasteiger partial charge in [-0.1, -0.05) is 13.8 Å². The zero-order valence-corrected chi connectivity index (χ0v) is 12.5. The molecule has 5 heteroatoms. The maximum atomic E-state index is 12.2. The Morgan fingerprint density at radius 2 is 2.05 bits per heavy atom. The Balaban J connectivity index is 1.89. The molecule has 0 aromatic heterocycles. The largest absolute Gasteiger partial charge is 0.508 e. The molecule has 2 N–H and O–H groups in total. The summed E-state index contributed by atoms with van der Waals surface area (Å²) in [5.41, 5.74) is 0.630. The van der Waals surface area contributed by atoms with Gasteiger partial charge in [0.1, 0.15) is 5.75 Å². The smallest absolute Gasteiger partial charge is 0.229 e. The second-order valence-electron chi connectivity index (χ2n) is 5.96. The van der Waals surface area contributed by atoms with Crippen LogP contribution in [0.4, 0.5) is 5.69 Å². The van der Waals surface area contributed by atoms with Gasteiger partial charge in [0.05, 0.1) is 5.92 Å². The Bertz CT molecular complexity index is 511. The van der Waals surface area contributed by atoms with Gasteiger partial charge in [0.2, 0.25) is 11.8 Å². The lowest BCUT2D eigenvalue weighted by Gasteiger charge is -2.17. The Morgan fingerprint density at radius 3 is 2.67 bits per heavy atom. The van der Waals surface area contributed by atoms with E-state index in [1.807, 2.05) is 0 Å². The maximum absolute atomic E-state index is 12.2. The topological polar surface area (TPSA) is 69.6 Å². The van der Waals surface area contributed by atoms with Crippen molar-refractivity contribution in [2.24, 2.45) is 11.8 Å². The van der Waals surface area contributed by atoms with E-state index < -0.39 is 0 Å². The van der Waals surface area contributed by atoms with Gasteiger partial charge in [0, 0.05) is 25.2 Å². The zero-order valence-electron chi connectivity index (χ0n) is 12.5. The third kappa shape index (κ3) is 4.21. The third-order valence-electron chi connectivity index (χ3n) is 3.70. The lowest BCUT2D eigenvalue weighted by molar-refractivity contribution is -0.128. The highest BCUT2D eigenvalue weighted by Crippen LogP contribution is 2.21. The summed E-state index contributed by atoms with van der Waals surface area (Å²) in [6.45, 7) is 5.46. The number of benzene rings is 1. The molecule has 0 aliphatic carbocycles. The van der Waals surface area contributed by atoms with Crippen molar-refractivity contribution in [2.45, 2.75) is 26.7 Å². The van der Waals surface area contributed by atoms with Gasteiger partial charge >= 0.3 is 0 Å². The Morgan fingerprint density at radius 1 is 1.38 bits per heavy atom. The predicted molar refractivity (Wildman–Crippen MR) is 80.9 cm³/mol. The van der Waals surface area contributed by atoms with E-state index in [0.29, 0.717) is 18.2 Å². The fourth-order valence-corrected chi connectivity index (χ4v) is 2.37. The number of aromatic hydroxyl groups is 1. The van der Waals surface area contributed by atoms with Crippen molar-refractivity contribution in [2.75, 3.05) is 18.4 Å². The number of amides is 2. The number of anilines is 1. The number of nitrogens with zero attached hydrogens (tertiary/aromatic N) is 1. The van der Waals surface area contributed by atoms with Crippen molar-refractivity contribution in [3.05, 3.63) is 24.3 Å². The van der Waals surface area contributed by atoms with Crippen LogP contribution in [0.1, 0.15) is 26.7 Å². The summed E-state index contributed by atoms with van der Waals surface area (Å²) in [4.78, 5) is 25.9. The van der Waals surface area contributed by atoms with Crippen LogP contribution in [0.5, 0.6) is 5.75 Å². The molecule has 21 heavy (non-hydrogen) atoms. The van der Waals surface area contributed by atoms with Crippen molar-refractivity contribution in [3.8, 4) is 5.75 Å². The number of carbonyl (C=O) groups is 2. The molecule has 0 unspecified atom stereocenters. The number of phenolic OH excluding ortho intramolecular Hbond substituents is 1. The molecule has 5 nitrogen and oxygen atoms in total. The quantitative estimate of drug-likeness (QED) is 0.817. The summed E-state index contributed by atoms with van der Waals surface area (Å²) in [6, 6.07) is 6.32. The molecule has 1 atom stereocenters. The van der Waals surface area contributed by atoms with Gasteiger partial charge in [-0.15, -0.1) is 0 Å². The molecule has 114 valence electrons. The molecule has 0 saturated carbocycles. The number of carbonyl (C=O) groups excluding carboxylic acids is 2. The van der Waals surface area contributed by atoms with E-state index >= 15 is 0 Å². The van der Waals surface area contributed by atoms with Crippen molar-refractivity contribution in [1.82, 2.24) is 4.90 Å². The van der Waals surface area contributed by atoms with Gasteiger partial charge in [-0.3, -0.25) is 9.59 Å². The summed E-state index contributed by atoms with van der Waals surface area (Å²) < 4.78 is 0. The molecule has 0 radical (unpaired) electrons. The molecule has 1 aromatic carbocycles. The van der Waals surface area contributed by atoms with E-state index in [1.54, 1.807) is 17.0 Å². The van der Waals surface area contributed by atoms with Crippen LogP contribution < -0.4 is 5.32 Å². The van der Waals surface area contributed by atoms with Crippen molar-refractivity contribution >= 4 is 17.5 Å². The fourth-order valence-electron chi connectivity index (χ4n) is 2.37.